The molecule has 0 aliphatic carbocycles. The predicted octanol–water partition coefficient (Wildman–Crippen LogP) is 4.98. The van der Waals surface area contributed by atoms with Crippen LogP contribution in [0.25, 0.3) is 22.3 Å². The number of nitrogens with one attached hydrogen (secondary N) is 2. The van der Waals surface area contributed by atoms with Gasteiger partial charge in [-0.1, -0.05) is 26.0 Å². The van der Waals surface area contributed by atoms with Gasteiger partial charge in [0.15, 0.2) is 5.82 Å². The fourth-order valence-corrected chi connectivity index (χ4v) is 4.02. The third kappa shape index (κ3) is 5.52. The van der Waals surface area contributed by atoms with E-state index in [0.717, 1.165) is 27.9 Å². The van der Waals surface area contributed by atoms with Gasteiger partial charge in [-0.2, -0.15) is 23.4 Å². The summed E-state index contributed by atoms with van der Waals surface area (Å²) in [6, 6.07) is 8.96. The molecule has 4 rings (SSSR count). The first-order valence-corrected chi connectivity index (χ1v) is 11.3. The number of rotatable bonds is 7. The molecular weight excluding hydrogens is 457 g/mol. The van der Waals surface area contributed by atoms with Crippen LogP contribution in [0.3, 0.4) is 0 Å². The highest BCUT2D eigenvalue weighted by Crippen LogP contribution is 2.25. The lowest BCUT2D eigenvalue weighted by Crippen LogP contribution is -2.34. The zero-order valence-electron chi connectivity index (χ0n) is 20.0. The van der Waals surface area contributed by atoms with Crippen molar-refractivity contribution in [2.75, 3.05) is 6.54 Å². The molecule has 2 heterocycles. The molecule has 0 saturated heterocycles. The topological polar surface area (TPSA) is 88.5 Å². The van der Waals surface area contributed by atoms with Gasteiger partial charge in [-0.15, -0.1) is 0 Å². The van der Waals surface area contributed by atoms with Crippen molar-refractivity contribution in [1.82, 2.24) is 30.3 Å². The lowest BCUT2D eigenvalue weighted by atomic mass is 10.0. The Hall–Kier alpha value is -3.69. The zero-order valence-corrected chi connectivity index (χ0v) is 20.0. The maximum atomic E-state index is 12.5. The molecule has 184 valence electrons. The SMILES string of the molecule is Cc1cc(-c2nc(Cc3ccc4[nH]ncc4c3C)n(CC(C)C)n2)ccc1C(=O)NCC(F)(F)F. The molecule has 1 amide bonds. The highest BCUT2D eigenvalue weighted by atomic mass is 19.4. The molecule has 0 fully saturated rings. The highest BCUT2D eigenvalue weighted by Gasteiger charge is 2.28. The van der Waals surface area contributed by atoms with Crippen LogP contribution in [-0.4, -0.2) is 43.6 Å². The third-order valence-corrected chi connectivity index (χ3v) is 5.82. The lowest BCUT2D eigenvalue weighted by molar-refractivity contribution is -0.123. The third-order valence-electron chi connectivity index (χ3n) is 5.82. The summed E-state index contributed by atoms with van der Waals surface area (Å²) in [7, 11) is 0. The van der Waals surface area contributed by atoms with Crippen LogP contribution in [-0.2, 0) is 13.0 Å². The predicted molar refractivity (Wildman–Crippen MR) is 127 cm³/mol. The van der Waals surface area contributed by atoms with Gasteiger partial charge < -0.3 is 5.32 Å². The number of halogens is 3. The van der Waals surface area contributed by atoms with E-state index in [1.165, 1.54) is 6.07 Å². The molecule has 0 spiro atoms. The largest absolute Gasteiger partial charge is 0.405 e. The average Bonchev–Trinajstić information content (AvgIpc) is 3.41. The lowest BCUT2D eigenvalue weighted by Gasteiger charge is -2.10. The summed E-state index contributed by atoms with van der Waals surface area (Å²) in [4.78, 5) is 17.0. The number of benzene rings is 2. The van der Waals surface area contributed by atoms with Crippen LogP contribution >= 0.6 is 0 Å². The number of hydrogen-bond donors (Lipinski definition) is 2. The average molecular weight is 485 g/mol. The first-order chi connectivity index (χ1) is 16.5. The fraction of sp³-hybridized carbons (Fsp3) is 0.360. The Kier molecular flexibility index (Phi) is 6.64. The molecule has 0 radical (unpaired) electrons. The van der Waals surface area contributed by atoms with Crippen LogP contribution in [0.2, 0.25) is 0 Å². The summed E-state index contributed by atoms with van der Waals surface area (Å²) in [5, 5.41) is 14.8. The van der Waals surface area contributed by atoms with E-state index >= 15 is 0 Å². The van der Waals surface area contributed by atoms with E-state index in [9.17, 15) is 18.0 Å². The number of carbonyl (C=O) groups excluding carboxylic acids is 1. The Morgan fingerprint density at radius 3 is 2.63 bits per heavy atom. The van der Waals surface area contributed by atoms with Crippen molar-refractivity contribution < 1.29 is 18.0 Å². The quantitative estimate of drug-likeness (QED) is 0.387. The second-order valence-corrected chi connectivity index (χ2v) is 9.11. The molecule has 0 atom stereocenters. The Morgan fingerprint density at radius 2 is 1.94 bits per heavy atom. The van der Waals surface area contributed by atoms with Crippen molar-refractivity contribution in [3.05, 3.63) is 64.6 Å². The molecule has 35 heavy (non-hydrogen) atoms. The Balaban J connectivity index is 1.63. The number of nitrogens with zero attached hydrogens (tertiary/aromatic N) is 4. The summed E-state index contributed by atoms with van der Waals surface area (Å²) in [6.45, 7) is 7.26. The van der Waals surface area contributed by atoms with Crippen LogP contribution in [0.4, 0.5) is 13.2 Å². The minimum absolute atomic E-state index is 0.184. The number of aryl methyl sites for hydroxylation is 2. The van der Waals surface area contributed by atoms with Gasteiger partial charge in [0.25, 0.3) is 5.91 Å². The van der Waals surface area contributed by atoms with Crippen molar-refractivity contribution in [2.45, 2.75) is 46.8 Å². The van der Waals surface area contributed by atoms with E-state index in [-0.39, 0.29) is 5.56 Å². The minimum Gasteiger partial charge on any atom is -0.343 e. The van der Waals surface area contributed by atoms with Gasteiger partial charge in [0.05, 0.1) is 11.7 Å². The Morgan fingerprint density at radius 1 is 1.17 bits per heavy atom. The van der Waals surface area contributed by atoms with Crippen LogP contribution in [0.1, 0.15) is 46.7 Å². The normalized spacial score (nSPS) is 12.0. The summed E-state index contributed by atoms with van der Waals surface area (Å²) in [5.74, 6) is 0.898. The van der Waals surface area contributed by atoms with E-state index in [1.807, 2.05) is 22.3 Å². The van der Waals surface area contributed by atoms with Crippen LogP contribution < -0.4 is 5.32 Å². The Labute approximate surface area is 200 Å². The van der Waals surface area contributed by atoms with E-state index < -0.39 is 18.6 Å². The van der Waals surface area contributed by atoms with E-state index in [0.29, 0.717) is 35.8 Å². The highest BCUT2D eigenvalue weighted by molar-refractivity contribution is 5.96. The van der Waals surface area contributed by atoms with Gasteiger partial charge in [0.1, 0.15) is 12.4 Å². The van der Waals surface area contributed by atoms with Crippen molar-refractivity contribution in [2.24, 2.45) is 5.92 Å². The number of amides is 1. The Bertz CT molecular complexity index is 1370. The molecule has 0 bridgehead atoms. The van der Waals surface area contributed by atoms with Gasteiger partial charge in [-0.3, -0.25) is 9.89 Å². The van der Waals surface area contributed by atoms with Gasteiger partial charge in [0, 0.05) is 29.5 Å². The second-order valence-electron chi connectivity index (χ2n) is 9.11. The molecule has 0 saturated carbocycles. The van der Waals surface area contributed by atoms with Gasteiger partial charge in [0.2, 0.25) is 0 Å². The van der Waals surface area contributed by atoms with Crippen LogP contribution in [0.5, 0.6) is 0 Å². The van der Waals surface area contributed by atoms with Gasteiger partial charge in [-0.25, -0.2) is 9.67 Å². The van der Waals surface area contributed by atoms with Crippen LogP contribution in [0.15, 0.2) is 36.5 Å². The minimum atomic E-state index is -4.46. The van der Waals surface area contributed by atoms with E-state index in [1.54, 1.807) is 19.1 Å². The number of fused-ring (bicyclic) bond motifs is 1. The summed E-state index contributed by atoms with van der Waals surface area (Å²) >= 11 is 0. The summed E-state index contributed by atoms with van der Waals surface area (Å²) in [6.07, 6.45) is -2.06. The molecule has 10 heteroatoms. The fourth-order valence-electron chi connectivity index (χ4n) is 4.02. The van der Waals surface area contributed by atoms with Crippen molar-refractivity contribution in [3.63, 3.8) is 0 Å². The van der Waals surface area contributed by atoms with Gasteiger partial charge >= 0.3 is 6.18 Å². The molecule has 2 aromatic heterocycles. The van der Waals surface area contributed by atoms with E-state index in [2.05, 4.69) is 37.0 Å². The maximum absolute atomic E-state index is 12.5. The summed E-state index contributed by atoms with van der Waals surface area (Å²) < 4.78 is 39.3. The van der Waals surface area contributed by atoms with Crippen molar-refractivity contribution >= 4 is 16.8 Å². The second kappa shape index (κ2) is 9.52. The number of hydrogen-bond acceptors (Lipinski definition) is 4. The molecule has 0 unspecified atom stereocenters. The molecular formula is C25H27F3N6O. The van der Waals surface area contributed by atoms with Crippen LogP contribution in [0, 0.1) is 19.8 Å². The molecule has 2 aromatic carbocycles. The molecule has 7 nitrogen and oxygen atoms in total. The monoisotopic (exact) mass is 484 g/mol. The molecule has 2 N–H and O–H groups in total. The standard InChI is InChI=1S/C25H27F3N6O/c1-14(2)12-34-22(10-17-6-8-21-20(16(17)4)11-30-32-21)31-23(33-34)18-5-7-19(15(3)9-18)24(35)29-13-25(26,27)28/h5-9,11,14H,10,12-13H2,1-4H3,(H,29,35)(H,30,32). The molecule has 4 aromatic rings. The molecule has 0 aliphatic heterocycles. The smallest absolute Gasteiger partial charge is 0.343 e. The number of H-pyrrole nitrogens is 1. The summed E-state index contributed by atoms with van der Waals surface area (Å²) in [5.41, 5.74) is 4.65. The van der Waals surface area contributed by atoms with Crippen molar-refractivity contribution in [1.29, 1.82) is 0 Å². The van der Waals surface area contributed by atoms with E-state index in [4.69, 9.17) is 10.1 Å². The number of aromatic amines is 1. The number of carbonyl (C=O) groups is 1. The van der Waals surface area contributed by atoms with Gasteiger partial charge in [-0.05, 0) is 54.7 Å². The first kappa shape index (κ1) is 24.4. The van der Waals surface area contributed by atoms with Crippen molar-refractivity contribution in [3.8, 4) is 11.4 Å². The number of alkyl halides is 3. The maximum Gasteiger partial charge on any atom is 0.405 e. The zero-order chi connectivity index (χ0) is 25.3. The molecule has 0 aliphatic rings. The first-order valence-electron chi connectivity index (χ1n) is 11.3. The number of aromatic nitrogens is 5.